The lowest BCUT2D eigenvalue weighted by Crippen LogP contribution is -2.14. The summed E-state index contributed by atoms with van der Waals surface area (Å²) in [4.78, 5) is 30.3. The Morgan fingerprint density at radius 1 is 1.27 bits per heavy atom. The number of benzene rings is 2. The third kappa shape index (κ3) is 3.40. The number of fused-ring (bicyclic) bond motifs is 1. The van der Waals surface area contributed by atoms with Crippen LogP contribution in [0.1, 0.15) is 5.69 Å². The molecule has 0 unspecified atom stereocenters. The van der Waals surface area contributed by atoms with Crippen molar-refractivity contribution < 1.29 is 13.6 Å². The summed E-state index contributed by atoms with van der Waals surface area (Å²) in [5.74, 6) is -1.12. The molecule has 2 aromatic heterocycles. The van der Waals surface area contributed by atoms with E-state index in [0.29, 0.717) is 33.1 Å². The van der Waals surface area contributed by atoms with Crippen LogP contribution in [0.2, 0.25) is 0 Å². The van der Waals surface area contributed by atoms with Crippen LogP contribution in [-0.4, -0.2) is 15.9 Å². The molecule has 8 heteroatoms. The lowest BCUT2D eigenvalue weighted by molar-refractivity contribution is -0.115. The molecule has 2 heterocycles. The fourth-order valence-electron chi connectivity index (χ4n) is 2.54. The molecule has 4 rings (SSSR count). The van der Waals surface area contributed by atoms with Crippen molar-refractivity contribution in [3.8, 4) is 10.6 Å². The predicted molar refractivity (Wildman–Crippen MR) is 96.7 cm³/mol. The SMILES string of the molecule is O=C(Cc1csc(-c2cccc(F)c2)n1)Nc1ccc2oc(=O)[nH]c2c1. The zero-order chi connectivity index (χ0) is 18.1. The number of rotatable bonds is 4. The molecule has 0 radical (unpaired) electrons. The van der Waals surface area contributed by atoms with Gasteiger partial charge in [0.1, 0.15) is 10.8 Å². The Balaban J connectivity index is 1.46. The fourth-order valence-corrected chi connectivity index (χ4v) is 3.36. The van der Waals surface area contributed by atoms with Crippen LogP contribution in [0.4, 0.5) is 10.1 Å². The number of thiazole rings is 1. The Morgan fingerprint density at radius 3 is 3.00 bits per heavy atom. The van der Waals surface area contributed by atoms with Crippen molar-refractivity contribution in [2.45, 2.75) is 6.42 Å². The van der Waals surface area contributed by atoms with E-state index in [2.05, 4.69) is 15.3 Å². The minimum Gasteiger partial charge on any atom is -0.408 e. The van der Waals surface area contributed by atoms with Crippen LogP contribution in [0.5, 0.6) is 0 Å². The van der Waals surface area contributed by atoms with Crippen LogP contribution in [0.25, 0.3) is 21.7 Å². The van der Waals surface area contributed by atoms with E-state index in [-0.39, 0.29) is 18.1 Å². The number of nitrogens with one attached hydrogen (secondary N) is 2. The number of hydrogen-bond donors (Lipinski definition) is 2. The lowest BCUT2D eigenvalue weighted by atomic mass is 10.2. The normalized spacial score (nSPS) is 11.0. The average molecular weight is 369 g/mol. The molecule has 0 bridgehead atoms. The predicted octanol–water partition coefficient (Wildman–Crippen LogP) is 3.56. The second-order valence-corrected chi connectivity index (χ2v) is 6.46. The molecule has 4 aromatic rings. The van der Waals surface area contributed by atoms with Gasteiger partial charge in [-0.05, 0) is 30.3 Å². The summed E-state index contributed by atoms with van der Waals surface area (Å²) < 4.78 is 18.2. The maximum absolute atomic E-state index is 13.3. The number of nitrogens with zero attached hydrogens (tertiary/aromatic N) is 1. The van der Waals surface area contributed by atoms with Crippen molar-refractivity contribution in [1.82, 2.24) is 9.97 Å². The van der Waals surface area contributed by atoms with E-state index in [1.54, 1.807) is 35.7 Å². The molecule has 6 nitrogen and oxygen atoms in total. The molecular formula is C18H12FN3O3S. The minimum absolute atomic E-state index is 0.0890. The maximum atomic E-state index is 13.3. The average Bonchev–Trinajstić information content (AvgIpc) is 3.20. The van der Waals surface area contributed by atoms with E-state index in [0.717, 1.165) is 0 Å². The zero-order valence-corrected chi connectivity index (χ0v) is 14.1. The molecule has 0 aliphatic rings. The van der Waals surface area contributed by atoms with Gasteiger partial charge in [0, 0.05) is 16.6 Å². The molecule has 0 atom stereocenters. The first-order chi connectivity index (χ1) is 12.6. The highest BCUT2D eigenvalue weighted by atomic mass is 32.1. The number of carbonyl (C=O) groups excluding carboxylic acids is 1. The third-order valence-electron chi connectivity index (χ3n) is 3.67. The highest BCUT2D eigenvalue weighted by Crippen LogP contribution is 2.24. The van der Waals surface area contributed by atoms with E-state index in [9.17, 15) is 14.0 Å². The van der Waals surface area contributed by atoms with Crippen molar-refractivity contribution in [3.05, 3.63) is 69.9 Å². The summed E-state index contributed by atoms with van der Waals surface area (Å²) >= 11 is 1.35. The molecule has 0 saturated heterocycles. The Labute approximate surface area is 150 Å². The summed E-state index contributed by atoms with van der Waals surface area (Å²) in [5.41, 5.74) is 2.75. The Morgan fingerprint density at radius 2 is 2.15 bits per heavy atom. The number of carbonyl (C=O) groups is 1. The fraction of sp³-hybridized carbons (Fsp3) is 0.0556. The highest BCUT2D eigenvalue weighted by molar-refractivity contribution is 7.13. The van der Waals surface area contributed by atoms with E-state index >= 15 is 0 Å². The standard InChI is InChI=1S/C18H12FN3O3S/c19-11-3-1-2-10(6-11)17-21-13(9-26-17)8-16(23)20-12-4-5-15-14(7-12)22-18(24)25-15/h1-7,9H,8H2,(H,20,23)(H,22,24). The molecule has 2 aromatic carbocycles. The van der Waals surface area contributed by atoms with Crippen LogP contribution in [0.15, 0.2) is 57.1 Å². The zero-order valence-electron chi connectivity index (χ0n) is 13.3. The molecule has 1 amide bonds. The molecule has 0 aliphatic carbocycles. The van der Waals surface area contributed by atoms with Gasteiger partial charge in [-0.25, -0.2) is 14.2 Å². The monoisotopic (exact) mass is 369 g/mol. The number of aromatic amines is 1. The second-order valence-electron chi connectivity index (χ2n) is 5.60. The number of aromatic nitrogens is 2. The van der Waals surface area contributed by atoms with E-state index in [4.69, 9.17) is 4.42 Å². The van der Waals surface area contributed by atoms with Gasteiger partial charge in [0.2, 0.25) is 5.91 Å². The van der Waals surface area contributed by atoms with Gasteiger partial charge in [-0.15, -0.1) is 11.3 Å². The molecule has 2 N–H and O–H groups in total. The van der Waals surface area contributed by atoms with E-state index in [1.165, 1.54) is 23.5 Å². The molecule has 0 fully saturated rings. The summed E-state index contributed by atoms with van der Waals surface area (Å²) in [6.07, 6.45) is 0.0890. The van der Waals surface area contributed by atoms with Crippen molar-refractivity contribution in [2.24, 2.45) is 0 Å². The van der Waals surface area contributed by atoms with Crippen molar-refractivity contribution in [2.75, 3.05) is 5.32 Å². The van der Waals surface area contributed by atoms with Crippen LogP contribution < -0.4 is 11.1 Å². The van der Waals surface area contributed by atoms with E-state index in [1.807, 2.05) is 0 Å². The largest absolute Gasteiger partial charge is 0.417 e. The van der Waals surface area contributed by atoms with Crippen LogP contribution in [0, 0.1) is 5.82 Å². The first-order valence-electron chi connectivity index (χ1n) is 7.70. The Kier molecular flexibility index (Phi) is 4.10. The van der Waals surface area contributed by atoms with Gasteiger partial charge < -0.3 is 9.73 Å². The van der Waals surface area contributed by atoms with Gasteiger partial charge >= 0.3 is 5.76 Å². The molecule has 0 aliphatic heterocycles. The first-order valence-corrected chi connectivity index (χ1v) is 8.58. The highest BCUT2D eigenvalue weighted by Gasteiger charge is 2.11. The first kappa shape index (κ1) is 16.2. The second kappa shape index (κ2) is 6.57. The summed E-state index contributed by atoms with van der Waals surface area (Å²) in [6, 6.07) is 11.0. The Hall–Kier alpha value is -3.26. The number of hydrogen-bond acceptors (Lipinski definition) is 5. The van der Waals surface area contributed by atoms with Crippen molar-refractivity contribution in [3.63, 3.8) is 0 Å². The molecule has 26 heavy (non-hydrogen) atoms. The van der Waals surface area contributed by atoms with Crippen molar-refractivity contribution in [1.29, 1.82) is 0 Å². The van der Waals surface area contributed by atoms with Gasteiger partial charge in [-0.2, -0.15) is 0 Å². The summed E-state index contributed by atoms with van der Waals surface area (Å²) in [7, 11) is 0. The summed E-state index contributed by atoms with van der Waals surface area (Å²) in [6.45, 7) is 0. The van der Waals surface area contributed by atoms with Crippen molar-refractivity contribution >= 4 is 34.0 Å². The van der Waals surface area contributed by atoms with Gasteiger partial charge in [-0.3, -0.25) is 9.78 Å². The number of halogens is 1. The van der Waals surface area contributed by atoms with Crippen LogP contribution in [0.3, 0.4) is 0 Å². The quantitative estimate of drug-likeness (QED) is 0.576. The molecular weight excluding hydrogens is 357 g/mol. The van der Waals surface area contributed by atoms with Crippen LogP contribution >= 0.6 is 11.3 Å². The number of anilines is 1. The van der Waals surface area contributed by atoms with E-state index < -0.39 is 5.76 Å². The summed E-state index contributed by atoms with van der Waals surface area (Å²) in [5, 5.41) is 5.18. The van der Waals surface area contributed by atoms with Gasteiger partial charge in [-0.1, -0.05) is 12.1 Å². The van der Waals surface area contributed by atoms with Gasteiger partial charge in [0.15, 0.2) is 5.58 Å². The smallest absolute Gasteiger partial charge is 0.408 e. The molecule has 0 saturated carbocycles. The van der Waals surface area contributed by atoms with Crippen LogP contribution in [-0.2, 0) is 11.2 Å². The van der Waals surface area contributed by atoms with Gasteiger partial charge in [0.05, 0.1) is 17.6 Å². The topological polar surface area (TPSA) is 88.0 Å². The van der Waals surface area contributed by atoms with Gasteiger partial charge in [0.25, 0.3) is 0 Å². The molecule has 0 spiro atoms. The molecule has 130 valence electrons. The number of H-pyrrole nitrogens is 1. The number of oxazole rings is 1. The minimum atomic E-state index is -0.546. The lowest BCUT2D eigenvalue weighted by Gasteiger charge is -2.03. The Bertz CT molecular complexity index is 1160. The number of amides is 1. The third-order valence-corrected chi connectivity index (χ3v) is 4.61. The maximum Gasteiger partial charge on any atom is 0.417 e.